The molecule has 0 aromatic rings. The number of quaternary nitrogens is 1. The molecule has 2 unspecified atom stereocenters. The summed E-state index contributed by atoms with van der Waals surface area (Å²) in [5, 5.41) is 9.66. The molecule has 0 amide bonds. The second-order valence-corrected chi connectivity index (χ2v) is 18.8. The van der Waals surface area contributed by atoms with Gasteiger partial charge in [0.05, 0.1) is 34.4 Å². The van der Waals surface area contributed by atoms with Crippen molar-refractivity contribution in [1.82, 2.24) is 0 Å². The van der Waals surface area contributed by atoms with Crippen LogP contribution in [0, 0.1) is 0 Å². The quantitative estimate of drug-likeness (QED) is 0.0281. The molecule has 0 aliphatic rings. The number of aliphatic carboxylic acids is 1. The lowest BCUT2D eigenvalue weighted by Crippen LogP contribution is -2.50. The maximum absolute atomic E-state index is 12.8. The van der Waals surface area contributed by atoms with E-state index >= 15 is 0 Å². The Morgan fingerprint density at radius 2 is 0.841 bits per heavy atom. The zero-order valence-electron chi connectivity index (χ0n) is 41.8. The van der Waals surface area contributed by atoms with Gasteiger partial charge in [-0.3, -0.25) is 9.59 Å². The van der Waals surface area contributed by atoms with Crippen LogP contribution in [0.15, 0.2) is 48.6 Å². The Bertz CT molecular complexity index is 1170. The highest BCUT2D eigenvalue weighted by molar-refractivity contribution is 5.72. The molecule has 0 aliphatic carbocycles. The van der Waals surface area contributed by atoms with Crippen molar-refractivity contribution in [3.8, 4) is 0 Å². The molecule has 0 aliphatic heterocycles. The van der Waals surface area contributed by atoms with Gasteiger partial charge in [-0.25, -0.2) is 4.79 Å². The van der Waals surface area contributed by atoms with Crippen molar-refractivity contribution >= 4 is 17.9 Å². The minimum Gasteiger partial charge on any atom is -0.477 e. The second kappa shape index (κ2) is 45.8. The van der Waals surface area contributed by atoms with Gasteiger partial charge in [0.15, 0.2) is 12.1 Å². The predicted molar refractivity (Wildman–Crippen MR) is 266 cm³/mol. The summed E-state index contributed by atoms with van der Waals surface area (Å²) in [5.41, 5.74) is 0. The summed E-state index contributed by atoms with van der Waals surface area (Å²) in [5.74, 6) is -1.47. The fraction of sp³-hybridized carbons (Fsp3) is 0.800. The molecule has 0 heterocycles. The van der Waals surface area contributed by atoms with E-state index in [4.69, 9.17) is 14.2 Å². The number of hydrogen-bond acceptors (Lipinski definition) is 6. The standard InChI is InChI=1S/C55H99NO7/c1-6-8-10-12-14-16-18-20-22-24-25-26-27-28-30-32-34-36-38-40-42-44-46-54(58)63-51(49-61-48-47-52(55(59)60)56(3,4)5)50-62-53(57)45-43-41-39-37-35-33-31-29-23-21-19-17-15-13-11-9-7-2/h14,16,20-23,25-26,51-52H,6-13,15,17-19,24,27-50H2,1-5H3/p+1/b16-14+,22-20+,23-21+,26-25+. The summed E-state index contributed by atoms with van der Waals surface area (Å²) in [6, 6.07) is -0.617. The van der Waals surface area contributed by atoms with E-state index in [1.807, 2.05) is 21.1 Å². The number of esters is 2. The van der Waals surface area contributed by atoms with Gasteiger partial charge in [0.25, 0.3) is 0 Å². The monoisotopic (exact) mass is 887 g/mol. The molecule has 0 aromatic heterocycles. The molecule has 0 spiro atoms. The van der Waals surface area contributed by atoms with Crippen LogP contribution in [0.25, 0.3) is 0 Å². The summed E-state index contributed by atoms with van der Waals surface area (Å²) in [6.45, 7) is 4.72. The Morgan fingerprint density at radius 3 is 1.29 bits per heavy atom. The van der Waals surface area contributed by atoms with E-state index in [1.165, 1.54) is 141 Å². The highest BCUT2D eigenvalue weighted by Crippen LogP contribution is 2.15. The number of unbranched alkanes of at least 4 members (excludes halogenated alkanes) is 25. The maximum Gasteiger partial charge on any atom is 0.362 e. The van der Waals surface area contributed by atoms with E-state index in [-0.39, 0.29) is 36.2 Å². The minimum absolute atomic E-state index is 0.0549. The van der Waals surface area contributed by atoms with Gasteiger partial charge < -0.3 is 23.8 Å². The minimum atomic E-state index is -0.876. The molecule has 1 N–H and O–H groups in total. The first-order valence-electron chi connectivity index (χ1n) is 26.2. The van der Waals surface area contributed by atoms with E-state index in [0.717, 1.165) is 57.8 Å². The Hall–Kier alpha value is -2.71. The highest BCUT2D eigenvalue weighted by atomic mass is 16.6. The third-order valence-corrected chi connectivity index (χ3v) is 11.7. The van der Waals surface area contributed by atoms with Crippen molar-refractivity contribution < 1.29 is 38.2 Å². The number of ether oxygens (including phenoxy) is 3. The Kier molecular flexibility index (Phi) is 43.9. The fourth-order valence-corrected chi connectivity index (χ4v) is 7.62. The van der Waals surface area contributed by atoms with Gasteiger partial charge in [-0.2, -0.15) is 0 Å². The number of hydrogen-bond donors (Lipinski definition) is 1. The zero-order chi connectivity index (χ0) is 46.3. The first-order chi connectivity index (χ1) is 30.6. The van der Waals surface area contributed by atoms with Crippen LogP contribution in [0.2, 0.25) is 0 Å². The van der Waals surface area contributed by atoms with Crippen LogP contribution >= 0.6 is 0 Å². The largest absolute Gasteiger partial charge is 0.477 e. The summed E-state index contributed by atoms with van der Waals surface area (Å²) >= 11 is 0. The molecule has 0 saturated carbocycles. The van der Waals surface area contributed by atoms with Gasteiger partial charge in [0.1, 0.15) is 6.61 Å². The Morgan fingerprint density at radius 1 is 0.476 bits per heavy atom. The summed E-state index contributed by atoms with van der Waals surface area (Å²) in [4.78, 5) is 37.2. The first kappa shape index (κ1) is 60.3. The van der Waals surface area contributed by atoms with Crippen LogP contribution in [-0.2, 0) is 28.6 Å². The molecule has 0 fully saturated rings. The summed E-state index contributed by atoms with van der Waals surface area (Å²) in [6.07, 6.45) is 55.8. The lowest BCUT2D eigenvalue weighted by atomic mass is 10.1. The number of carboxylic acids is 1. The molecule has 8 heteroatoms. The van der Waals surface area contributed by atoms with Crippen LogP contribution in [0.3, 0.4) is 0 Å². The molecule has 63 heavy (non-hydrogen) atoms. The molecular formula is C55H100NO7+. The molecule has 8 nitrogen and oxygen atoms in total. The van der Waals surface area contributed by atoms with E-state index in [2.05, 4.69) is 62.5 Å². The number of carbonyl (C=O) groups excluding carboxylic acids is 2. The molecule has 0 bridgehead atoms. The third kappa shape index (κ3) is 44.3. The van der Waals surface area contributed by atoms with Gasteiger partial charge in [-0.1, -0.05) is 184 Å². The predicted octanol–water partition coefficient (Wildman–Crippen LogP) is 15.1. The summed E-state index contributed by atoms with van der Waals surface area (Å²) in [7, 11) is 5.54. The fourth-order valence-electron chi connectivity index (χ4n) is 7.62. The first-order valence-corrected chi connectivity index (χ1v) is 26.2. The highest BCUT2D eigenvalue weighted by Gasteiger charge is 2.31. The van der Waals surface area contributed by atoms with E-state index < -0.39 is 18.1 Å². The number of likely N-dealkylation sites (N-methyl/N-ethyl adjacent to an activating group) is 1. The molecule has 0 aromatic carbocycles. The van der Waals surface area contributed by atoms with Crippen molar-refractivity contribution in [2.45, 2.75) is 244 Å². The molecule has 2 atom stereocenters. The molecule has 0 radical (unpaired) electrons. The average molecular weight is 887 g/mol. The topological polar surface area (TPSA) is 99.1 Å². The zero-order valence-corrected chi connectivity index (χ0v) is 41.8. The van der Waals surface area contributed by atoms with Gasteiger partial charge in [-0.15, -0.1) is 0 Å². The molecule has 0 saturated heterocycles. The van der Waals surface area contributed by atoms with Gasteiger partial charge in [0, 0.05) is 19.3 Å². The third-order valence-electron chi connectivity index (χ3n) is 11.7. The van der Waals surface area contributed by atoms with Crippen LogP contribution < -0.4 is 0 Å². The average Bonchev–Trinajstić information content (AvgIpc) is 3.24. The van der Waals surface area contributed by atoms with E-state index in [9.17, 15) is 19.5 Å². The number of rotatable bonds is 47. The van der Waals surface area contributed by atoms with Crippen molar-refractivity contribution in [3.05, 3.63) is 48.6 Å². The van der Waals surface area contributed by atoms with Crippen molar-refractivity contribution in [2.24, 2.45) is 0 Å². The normalized spacial score (nSPS) is 13.2. The number of allylic oxidation sites excluding steroid dienone is 8. The smallest absolute Gasteiger partial charge is 0.362 e. The lowest BCUT2D eigenvalue weighted by molar-refractivity contribution is -0.887. The van der Waals surface area contributed by atoms with Crippen LogP contribution in [-0.4, -0.2) is 80.6 Å². The number of nitrogens with zero attached hydrogens (tertiary/aromatic N) is 1. The van der Waals surface area contributed by atoms with Crippen molar-refractivity contribution in [2.75, 3.05) is 41.0 Å². The SMILES string of the molecule is CCCCC/C=C/C/C=C/C/C=C/CCCCCCCCCCCC(=O)OC(COCCC(C(=O)O)[N+](C)(C)C)COC(=O)CCCCCCCCC/C=C/CCCCCCCC. The number of carbonyl (C=O) groups is 3. The molecular weight excluding hydrogens is 787 g/mol. The Labute approximate surface area is 388 Å². The number of carboxylic acid groups (broad SMARTS) is 1. The van der Waals surface area contributed by atoms with E-state index in [1.54, 1.807) is 0 Å². The lowest BCUT2D eigenvalue weighted by Gasteiger charge is -2.31. The molecule has 366 valence electrons. The van der Waals surface area contributed by atoms with Crippen LogP contribution in [0.4, 0.5) is 0 Å². The maximum atomic E-state index is 12.8. The van der Waals surface area contributed by atoms with Crippen LogP contribution in [0.5, 0.6) is 0 Å². The summed E-state index contributed by atoms with van der Waals surface area (Å²) < 4.78 is 17.4. The van der Waals surface area contributed by atoms with E-state index in [0.29, 0.717) is 19.3 Å². The van der Waals surface area contributed by atoms with Crippen molar-refractivity contribution in [1.29, 1.82) is 0 Å². The van der Waals surface area contributed by atoms with Crippen molar-refractivity contribution in [3.63, 3.8) is 0 Å². The molecule has 0 rings (SSSR count). The Balaban J connectivity index is 4.25. The van der Waals surface area contributed by atoms with Gasteiger partial charge in [0.2, 0.25) is 0 Å². The van der Waals surface area contributed by atoms with Gasteiger partial charge >= 0.3 is 17.9 Å². The second-order valence-electron chi connectivity index (χ2n) is 18.8. The van der Waals surface area contributed by atoms with Crippen LogP contribution in [0.1, 0.15) is 232 Å². The van der Waals surface area contributed by atoms with Gasteiger partial charge in [-0.05, 0) is 77.0 Å².